The highest BCUT2D eigenvalue weighted by Gasteiger charge is 2.19. The standard InChI is InChI=1S/C15H16BrNO3S/c1-10-4-7-14(20-3)13(8-10)17-21(18,19)15-9-12(16)6-5-11(15)2/h4-9,17H,1-3H3. The van der Waals surface area contributed by atoms with Crippen LogP contribution in [0.1, 0.15) is 11.1 Å². The number of benzene rings is 2. The maximum absolute atomic E-state index is 12.6. The topological polar surface area (TPSA) is 55.4 Å². The van der Waals surface area contributed by atoms with E-state index in [0.717, 1.165) is 5.56 Å². The molecule has 0 aliphatic rings. The van der Waals surface area contributed by atoms with Crippen LogP contribution in [-0.2, 0) is 10.0 Å². The van der Waals surface area contributed by atoms with Gasteiger partial charge in [-0.05, 0) is 49.2 Å². The summed E-state index contributed by atoms with van der Waals surface area (Å²) < 4.78 is 33.6. The van der Waals surface area contributed by atoms with E-state index in [1.165, 1.54) is 7.11 Å². The summed E-state index contributed by atoms with van der Waals surface area (Å²) in [5.74, 6) is 0.483. The normalized spacial score (nSPS) is 11.2. The van der Waals surface area contributed by atoms with Crippen LogP contribution in [0, 0.1) is 13.8 Å². The molecule has 0 spiro atoms. The van der Waals surface area contributed by atoms with E-state index in [2.05, 4.69) is 20.7 Å². The summed E-state index contributed by atoms with van der Waals surface area (Å²) in [5.41, 5.74) is 2.05. The summed E-state index contributed by atoms with van der Waals surface area (Å²) in [6.45, 7) is 3.65. The number of aryl methyl sites for hydroxylation is 2. The van der Waals surface area contributed by atoms with Gasteiger partial charge in [0.15, 0.2) is 0 Å². The summed E-state index contributed by atoms with van der Waals surface area (Å²) in [6.07, 6.45) is 0. The number of sulfonamides is 1. The monoisotopic (exact) mass is 369 g/mol. The maximum Gasteiger partial charge on any atom is 0.262 e. The average molecular weight is 370 g/mol. The molecular weight excluding hydrogens is 354 g/mol. The molecule has 0 aliphatic heterocycles. The Bertz CT molecular complexity index is 772. The molecule has 112 valence electrons. The molecule has 1 N–H and O–H groups in total. The van der Waals surface area contributed by atoms with Crippen LogP contribution in [0.4, 0.5) is 5.69 Å². The van der Waals surface area contributed by atoms with E-state index < -0.39 is 10.0 Å². The van der Waals surface area contributed by atoms with Crippen molar-refractivity contribution in [2.75, 3.05) is 11.8 Å². The number of methoxy groups -OCH3 is 1. The average Bonchev–Trinajstić information content (AvgIpc) is 2.41. The van der Waals surface area contributed by atoms with E-state index in [-0.39, 0.29) is 4.90 Å². The minimum absolute atomic E-state index is 0.237. The van der Waals surface area contributed by atoms with Crippen LogP contribution >= 0.6 is 15.9 Å². The SMILES string of the molecule is COc1ccc(C)cc1NS(=O)(=O)c1cc(Br)ccc1C. The predicted molar refractivity (Wildman–Crippen MR) is 87.4 cm³/mol. The van der Waals surface area contributed by atoms with Crippen molar-refractivity contribution < 1.29 is 13.2 Å². The molecule has 0 atom stereocenters. The minimum atomic E-state index is -3.68. The molecule has 0 aliphatic carbocycles. The molecule has 2 aromatic rings. The van der Waals surface area contributed by atoms with Crippen molar-refractivity contribution >= 4 is 31.6 Å². The highest BCUT2D eigenvalue weighted by molar-refractivity contribution is 9.10. The number of halogens is 1. The molecule has 4 nitrogen and oxygen atoms in total. The Labute approximate surface area is 133 Å². The molecule has 0 fully saturated rings. The predicted octanol–water partition coefficient (Wildman–Crippen LogP) is 3.88. The quantitative estimate of drug-likeness (QED) is 0.889. The van der Waals surface area contributed by atoms with E-state index in [4.69, 9.17) is 4.74 Å². The fourth-order valence-electron chi connectivity index (χ4n) is 1.96. The minimum Gasteiger partial charge on any atom is -0.495 e. The van der Waals surface area contributed by atoms with Gasteiger partial charge in [0.25, 0.3) is 10.0 Å². The van der Waals surface area contributed by atoms with E-state index in [1.807, 2.05) is 19.1 Å². The van der Waals surface area contributed by atoms with Crippen molar-refractivity contribution in [2.45, 2.75) is 18.7 Å². The van der Waals surface area contributed by atoms with Crippen molar-refractivity contribution in [3.63, 3.8) is 0 Å². The molecule has 0 heterocycles. The molecule has 21 heavy (non-hydrogen) atoms. The van der Waals surface area contributed by atoms with Gasteiger partial charge in [0, 0.05) is 4.47 Å². The van der Waals surface area contributed by atoms with Crippen LogP contribution in [-0.4, -0.2) is 15.5 Å². The zero-order chi connectivity index (χ0) is 15.6. The molecule has 0 amide bonds. The Morgan fingerprint density at radius 1 is 1.10 bits per heavy atom. The molecule has 0 saturated carbocycles. The molecule has 6 heteroatoms. The van der Waals surface area contributed by atoms with Crippen molar-refractivity contribution in [2.24, 2.45) is 0 Å². The van der Waals surface area contributed by atoms with Gasteiger partial charge in [0.05, 0.1) is 17.7 Å². The highest BCUT2D eigenvalue weighted by Crippen LogP contribution is 2.29. The molecule has 0 aromatic heterocycles. The zero-order valence-corrected chi connectivity index (χ0v) is 14.4. The Balaban J connectivity index is 2.47. The van der Waals surface area contributed by atoms with Crippen LogP contribution in [0.15, 0.2) is 45.8 Å². The van der Waals surface area contributed by atoms with Crippen molar-refractivity contribution in [3.8, 4) is 5.75 Å². The molecule has 2 aromatic carbocycles. The van der Waals surface area contributed by atoms with Gasteiger partial charge >= 0.3 is 0 Å². The highest BCUT2D eigenvalue weighted by atomic mass is 79.9. The first-order valence-electron chi connectivity index (χ1n) is 6.27. The van der Waals surface area contributed by atoms with Crippen molar-refractivity contribution in [1.82, 2.24) is 0 Å². The van der Waals surface area contributed by atoms with Gasteiger partial charge in [-0.2, -0.15) is 0 Å². The number of hydrogen-bond acceptors (Lipinski definition) is 3. The third-order valence-electron chi connectivity index (χ3n) is 3.04. The van der Waals surface area contributed by atoms with Crippen LogP contribution in [0.2, 0.25) is 0 Å². The van der Waals surface area contributed by atoms with Gasteiger partial charge < -0.3 is 4.74 Å². The Hall–Kier alpha value is -1.53. The molecular formula is C15H16BrNO3S. The lowest BCUT2D eigenvalue weighted by atomic mass is 10.2. The van der Waals surface area contributed by atoms with Gasteiger partial charge in [0.2, 0.25) is 0 Å². The van der Waals surface area contributed by atoms with Crippen LogP contribution in [0.3, 0.4) is 0 Å². The van der Waals surface area contributed by atoms with E-state index >= 15 is 0 Å². The lowest BCUT2D eigenvalue weighted by molar-refractivity contribution is 0.417. The number of anilines is 1. The van der Waals surface area contributed by atoms with E-state index in [0.29, 0.717) is 21.5 Å². The molecule has 2 rings (SSSR count). The molecule has 0 radical (unpaired) electrons. The summed E-state index contributed by atoms with van der Waals surface area (Å²) in [5, 5.41) is 0. The second-order valence-corrected chi connectivity index (χ2v) is 7.29. The van der Waals surface area contributed by atoms with Gasteiger partial charge in [-0.15, -0.1) is 0 Å². The largest absolute Gasteiger partial charge is 0.495 e. The smallest absolute Gasteiger partial charge is 0.262 e. The van der Waals surface area contributed by atoms with Crippen molar-refractivity contribution in [3.05, 3.63) is 52.0 Å². The molecule has 0 unspecified atom stereocenters. The van der Waals surface area contributed by atoms with Crippen LogP contribution in [0.25, 0.3) is 0 Å². The molecule has 0 bridgehead atoms. The Morgan fingerprint density at radius 2 is 1.81 bits per heavy atom. The first kappa shape index (κ1) is 15.9. The third-order valence-corrected chi connectivity index (χ3v) is 5.04. The Morgan fingerprint density at radius 3 is 2.48 bits per heavy atom. The van der Waals surface area contributed by atoms with E-state index in [9.17, 15) is 8.42 Å². The fourth-order valence-corrected chi connectivity index (χ4v) is 3.81. The number of ether oxygens (including phenoxy) is 1. The maximum atomic E-state index is 12.6. The summed E-state index contributed by atoms with van der Waals surface area (Å²) in [4.78, 5) is 0.237. The second kappa shape index (κ2) is 6.07. The fraction of sp³-hybridized carbons (Fsp3) is 0.200. The van der Waals surface area contributed by atoms with Gasteiger partial charge in [0.1, 0.15) is 5.75 Å². The van der Waals surface area contributed by atoms with Gasteiger partial charge in [-0.1, -0.05) is 28.1 Å². The van der Waals surface area contributed by atoms with Crippen molar-refractivity contribution in [1.29, 1.82) is 0 Å². The third kappa shape index (κ3) is 3.57. The first-order valence-corrected chi connectivity index (χ1v) is 8.55. The van der Waals surface area contributed by atoms with E-state index in [1.54, 1.807) is 31.2 Å². The number of rotatable bonds is 4. The van der Waals surface area contributed by atoms with Gasteiger partial charge in [-0.3, -0.25) is 4.72 Å². The first-order chi connectivity index (χ1) is 9.83. The van der Waals surface area contributed by atoms with Crippen LogP contribution < -0.4 is 9.46 Å². The molecule has 0 saturated heterocycles. The lowest BCUT2D eigenvalue weighted by Gasteiger charge is -2.14. The number of nitrogens with one attached hydrogen (secondary N) is 1. The Kier molecular flexibility index (Phi) is 4.58. The zero-order valence-electron chi connectivity index (χ0n) is 12.0. The summed E-state index contributed by atoms with van der Waals surface area (Å²) in [6, 6.07) is 10.5. The summed E-state index contributed by atoms with van der Waals surface area (Å²) >= 11 is 3.30. The lowest BCUT2D eigenvalue weighted by Crippen LogP contribution is -2.15. The second-order valence-electron chi connectivity index (χ2n) is 4.72. The van der Waals surface area contributed by atoms with Crippen LogP contribution in [0.5, 0.6) is 5.75 Å². The summed E-state index contributed by atoms with van der Waals surface area (Å²) in [7, 11) is -2.17. The number of hydrogen-bond donors (Lipinski definition) is 1. The van der Waals surface area contributed by atoms with Gasteiger partial charge in [-0.25, -0.2) is 8.42 Å².